The van der Waals surface area contributed by atoms with E-state index in [1.807, 2.05) is 0 Å². The summed E-state index contributed by atoms with van der Waals surface area (Å²) in [5, 5.41) is 8.58. The number of rotatable bonds is 4. The van der Waals surface area contributed by atoms with Crippen LogP contribution in [-0.2, 0) is 10.0 Å². The van der Waals surface area contributed by atoms with Crippen molar-refractivity contribution in [1.29, 1.82) is 0 Å². The second-order valence-electron chi connectivity index (χ2n) is 4.81. The van der Waals surface area contributed by atoms with Crippen LogP contribution in [0.2, 0.25) is 0 Å². The molecule has 4 nitrogen and oxygen atoms in total. The molecule has 1 fully saturated rings. The van der Waals surface area contributed by atoms with Crippen LogP contribution in [0.1, 0.15) is 18.9 Å². The van der Waals surface area contributed by atoms with Crippen molar-refractivity contribution >= 4 is 10.0 Å². The molecule has 0 heterocycles. The molecule has 1 aromatic rings. The Labute approximate surface area is 113 Å². The van der Waals surface area contributed by atoms with Crippen molar-refractivity contribution in [2.45, 2.75) is 18.2 Å². The summed E-state index contributed by atoms with van der Waals surface area (Å²) in [5.41, 5.74) is 0.684. The third kappa shape index (κ3) is 3.80. The molecule has 0 saturated heterocycles. The van der Waals surface area contributed by atoms with Crippen molar-refractivity contribution in [3.63, 3.8) is 0 Å². The highest BCUT2D eigenvalue weighted by molar-refractivity contribution is 7.89. The van der Waals surface area contributed by atoms with Gasteiger partial charge >= 0.3 is 0 Å². The molecule has 2 rings (SSSR count). The Hall–Kier alpha value is -1.35. The zero-order chi connectivity index (χ0) is 13.9. The molecule has 5 heteroatoms. The van der Waals surface area contributed by atoms with Crippen LogP contribution in [0.5, 0.6) is 0 Å². The van der Waals surface area contributed by atoms with Crippen molar-refractivity contribution in [2.75, 3.05) is 13.2 Å². The van der Waals surface area contributed by atoms with Gasteiger partial charge in [-0.2, -0.15) is 0 Å². The van der Waals surface area contributed by atoms with Crippen molar-refractivity contribution in [1.82, 2.24) is 4.72 Å². The van der Waals surface area contributed by atoms with Crippen LogP contribution in [0, 0.1) is 23.7 Å². The minimum atomic E-state index is -3.42. The Morgan fingerprint density at radius 2 is 2.00 bits per heavy atom. The molecule has 2 atom stereocenters. The first-order valence-corrected chi connectivity index (χ1v) is 7.70. The second-order valence-corrected chi connectivity index (χ2v) is 6.58. The van der Waals surface area contributed by atoms with Gasteiger partial charge in [-0.05, 0) is 42.5 Å². The van der Waals surface area contributed by atoms with Gasteiger partial charge < -0.3 is 5.11 Å². The van der Waals surface area contributed by atoms with Gasteiger partial charge in [0, 0.05) is 12.1 Å². The third-order valence-corrected chi connectivity index (χ3v) is 4.73. The van der Waals surface area contributed by atoms with Crippen LogP contribution >= 0.6 is 0 Å². The molecule has 0 radical (unpaired) electrons. The van der Waals surface area contributed by atoms with Gasteiger partial charge in [-0.25, -0.2) is 13.1 Å². The lowest BCUT2D eigenvalue weighted by Gasteiger charge is -2.06. The van der Waals surface area contributed by atoms with Gasteiger partial charge in [0.05, 0.1) is 4.90 Å². The van der Waals surface area contributed by atoms with E-state index in [0.717, 1.165) is 6.42 Å². The average molecular weight is 279 g/mol. The number of hydrogen-bond acceptors (Lipinski definition) is 3. The maximum Gasteiger partial charge on any atom is 0.240 e. The maximum atomic E-state index is 12.0. The number of aliphatic hydroxyl groups excluding tert-OH is 1. The molecule has 2 N–H and O–H groups in total. The summed E-state index contributed by atoms with van der Waals surface area (Å²) >= 11 is 0. The molecule has 0 spiro atoms. The summed E-state index contributed by atoms with van der Waals surface area (Å²) in [6, 6.07) is 6.33. The van der Waals surface area contributed by atoms with Gasteiger partial charge in [-0.1, -0.05) is 18.8 Å². The van der Waals surface area contributed by atoms with Crippen LogP contribution in [0.3, 0.4) is 0 Å². The molecule has 1 aromatic carbocycles. The van der Waals surface area contributed by atoms with Crippen molar-refractivity contribution in [3.8, 4) is 11.8 Å². The highest BCUT2D eigenvalue weighted by Crippen LogP contribution is 2.37. The highest BCUT2D eigenvalue weighted by Gasteiger charge is 2.33. The first-order valence-electron chi connectivity index (χ1n) is 6.22. The van der Waals surface area contributed by atoms with Crippen LogP contribution in [-0.4, -0.2) is 26.7 Å². The van der Waals surface area contributed by atoms with Crippen LogP contribution in [0.15, 0.2) is 29.2 Å². The largest absolute Gasteiger partial charge is 0.384 e. The Morgan fingerprint density at radius 1 is 1.37 bits per heavy atom. The normalized spacial score (nSPS) is 21.6. The van der Waals surface area contributed by atoms with E-state index in [1.54, 1.807) is 12.1 Å². The first-order chi connectivity index (χ1) is 9.03. The summed E-state index contributed by atoms with van der Waals surface area (Å²) in [6.45, 7) is 2.42. The summed E-state index contributed by atoms with van der Waals surface area (Å²) in [4.78, 5) is 0.246. The SMILES string of the molecule is CC1CC1CNS(=O)(=O)c1ccc(C#CCO)cc1. The number of aliphatic hydroxyl groups is 1. The Morgan fingerprint density at radius 3 is 2.53 bits per heavy atom. The molecular weight excluding hydrogens is 262 g/mol. The number of hydrogen-bond donors (Lipinski definition) is 2. The first kappa shape index (κ1) is 14.1. The van der Waals surface area contributed by atoms with Gasteiger partial charge in [0.15, 0.2) is 0 Å². The fraction of sp³-hybridized carbons (Fsp3) is 0.429. The van der Waals surface area contributed by atoms with Gasteiger partial charge in [0.25, 0.3) is 0 Å². The maximum absolute atomic E-state index is 12.0. The number of benzene rings is 1. The summed E-state index contributed by atoms with van der Waals surface area (Å²) in [6.07, 6.45) is 1.10. The van der Waals surface area contributed by atoms with E-state index in [1.165, 1.54) is 12.1 Å². The van der Waals surface area contributed by atoms with E-state index >= 15 is 0 Å². The molecular formula is C14H17NO3S. The van der Waals surface area contributed by atoms with E-state index in [2.05, 4.69) is 23.5 Å². The third-order valence-electron chi connectivity index (χ3n) is 3.29. The van der Waals surface area contributed by atoms with E-state index in [-0.39, 0.29) is 11.5 Å². The molecule has 1 saturated carbocycles. The standard InChI is InChI=1S/C14H17NO3S/c1-11-9-13(11)10-15-19(17,18)14-6-4-12(5-7-14)3-2-8-16/h4-7,11,13,15-16H,8-10H2,1H3. The van der Waals surface area contributed by atoms with Gasteiger partial charge in [-0.15, -0.1) is 0 Å². The molecule has 0 amide bonds. The Kier molecular flexibility index (Phi) is 4.25. The van der Waals surface area contributed by atoms with Crippen LogP contribution in [0.25, 0.3) is 0 Å². The lowest BCUT2D eigenvalue weighted by molar-refractivity contribution is 0.350. The quantitative estimate of drug-likeness (QED) is 0.807. The molecule has 0 bridgehead atoms. The summed E-state index contributed by atoms with van der Waals surface area (Å²) in [5.74, 6) is 6.34. The van der Waals surface area contributed by atoms with E-state index in [4.69, 9.17) is 5.11 Å². The van der Waals surface area contributed by atoms with Crippen LogP contribution < -0.4 is 4.72 Å². The van der Waals surface area contributed by atoms with Gasteiger partial charge in [0.1, 0.15) is 6.61 Å². The number of sulfonamides is 1. The van der Waals surface area contributed by atoms with E-state index in [0.29, 0.717) is 23.9 Å². The van der Waals surface area contributed by atoms with Gasteiger partial charge in [0.2, 0.25) is 10.0 Å². The number of nitrogens with one attached hydrogen (secondary N) is 1. The molecule has 19 heavy (non-hydrogen) atoms. The summed E-state index contributed by atoms with van der Waals surface area (Å²) < 4.78 is 26.6. The Bertz CT molecular complexity index is 596. The zero-order valence-corrected chi connectivity index (χ0v) is 11.6. The van der Waals surface area contributed by atoms with Gasteiger partial charge in [-0.3, -0.25) is 0 Å². The molecule has 102 valence electrons. The second kappa shape index (κ2) is 5.74. The fourth-order valence-electron chi connectivity index (χ4n) is 1.84. The minimum absolute atomic E-state index is 0.207. The highest BCUT2D eigenvalue weighted by atomic mass is 32.2. The zero-order valence-electron chi connectivity index (χ0n) is 10.8. The lowest BCUT2D eigenvalue weighted by atomic mass is 10.2. The summed E-state index contributed by atoms with van der Waals surface area (Å²) in [7, 11) is -3.42. The average Bonchev–Trinajstić information content (AvgIpc) is 3.11. The molecule has 2 unspecified atom stereocenters. The molecule has 1 aliphatic carbocycles. The molecule has 1 aliphatic rings. The fourth-order valence-corrected chi connectivity index (χ4v) is 2.94. The minimum Gasteiger partial charge on any atom is -0.384 e. The van der Waals surface area contributed by atoms with E-state index in [9.17, 15) is 8.42 Å². The van der Waals surface area contributed by atoms with E-state index < -0.39 is 10.0 Å². The predicted octanol–water partition coefficient (Wildman–Crippen LogP) is 0.965. The van der Waals surface area contributed by atoms with Crippen LogP contribution in [0.4, 0.5) is 0 Å². The topological polar surface area (TPSA) is 66.4 Å². The van der Waals surface area contributed by atoms with Crippen molar-refractivity contribution < 1.29 is 13.5 Å². The predicted molar refractivity (Wildman–Crippen MR) is 72.9 cm³/mol. The van der Waals surface area contributed by atoms with Crippen molar-refractivity contribution in [2.24, 2.45) is 11.8 Å². The molecule has 0 aliphatic heterocycles. The lowest BCUT2D eigenvalue weighted by Crippen LogP contribution is -2.26. The monoisotopic (exact) mass is 279 g/mol. The van der Waals surface area contributed by atoms with Crippen molar-refractivity contribution in [3.05, 3.63) is 29.8 Å². The Balaban J connectivity index is 2.03. The smallest absolute Gasteiger partial charge is 0.240 e. The molecule has 0 aromatic heterocycles.